The Bertz CT molecular complexity index is 856. The predicted octanol–water partition coefficient (Wildman–Crippen LogP) is 2.21. The van der Waals surface area contributed by atoms with Crippen molar-refractivity contribution >= 4 is 35.7 Å². The van der Waals surface area contributed by atoms with Crippen molar-refractivity contribution < 1.29 is 19.2 Å². The van der Waals surface area contributed by atoms with Gasteiger partial charge in [0.25, 0.3) is 0 Å². The summed E-state index contributed by atoms with van der Waals surface area (Å²) in [6, 6.07) is 0.277. The van der Waals surface area contributed by atoms with E-state index >= 15 is 4.39 Å². The first-order valence-electron chi connectivity index (χ1n) is 11.7. The van der Waals surface area contributed by atoms with E-state index in [1.165, 1.54) is 11.8 Å². The number of hydroxylamine groups is 2. The topological polar surface area (TPSA) is 114 Å². The van der Waals surface area contributed by atoms with Gasteiger partial charge in [0.15, 0.2) is 16.8 Å². The van der Waals surface area contributed by atoms with E-state index in [0.717, 1.165) is 25.7 Å². The Kier molecular flexibility index (Phi) is 9.31. The average Bonchev–Trinajstić information content (AvgIpc) is 3.47. The van der Waals surface area contributed by atoms with Crippen LogP contribution in [0.2, 0.25) is 0 Å². The largest absolute Gasteiger partial charge is 0.352 e. The first-order valence-corrected chi connectivity index (χ1v) is 13.0. The number of carbonyl (C=O) groups is 2. The van der Waals surface area contributed by atoms with Crippen LogP contribution in [0.3, 0.4) is 0 Å². The second-order valence-corrected chi connectivity index (χ2v) is 10.3. The summed E-state index contributed by atoms with van der Waals surface area (Å²) < 4.78 is 15.4. The maximum Gasteiger partial charge on any atom is 0.243 e. The van der Waals surface area contributed by atoms with Crippen LogP contribution in [-0.4, -0.2) is 83.5 Å². The third-order valence-electron chi connectivity index (χ3n) is 6.83. The number of hydrogen-bond donors (Lipinski definition) is 3. The van der Waals surface area contributed by atoms with Crippen LogP contribution in [0.25, 0.3) is 0 Å². The third kappa shape index (κ3) is 6.48. The Morgan fingerprint density at radius 3 is 2.62 bits per heavy atom. The minimum atomic E-state index is -0.631. The second-order valence-electron chi connectivity index (χ2n) is 9.53. The van der Waals surface area contributed by atoms with Gasteiger partial charge in [0.1, 0.15) is 0 Å². The van der Waals surface area contributed by atoms with Crippen molar-refractivity contribution in [3.8, 4) is 0 Å². The zero-order valence-corrected chi connectivity index (χ0v) is 21.1. The standard InChI is InChI=1S/C22H36FN7O3S/c1-14-10-29(12-17(14)28(2)3)20-18(23)19(24-22(25-20)34-4)26-27-21(32)16(11-30(33)13-31)9-15-7-5-6-8-15/h13-17,33H,5-12H2,1-4H3,(H,27,32)(H,24,25,26)/t14-,16+,17-/m1/s1. The average molecular weight is 498 g/mol. The predicted molar refractivity (Wildman–Crippen MR) is 129 cm³/mol. The lowest BCUT2D eigenvalue weighted by Crippen LogP contribution is -2.41. The van der Waals surface area contributed by atoms with Gasteiger partial charge >= 0.3 is 0 Å². The molecule has 2 aliphatic rings. The summed E-state index contributed by atoms with van der Waals surface area (Å²) in [5, 5.41) is 10.5. The van der Waals surface area contributed by atoms with Crippen molar-refractivity contribution in [2.24, 2.45) is 17.8 Å². The lowest BCUT2D eigenvalue weighted by Gasteiger charge is -2.24. The molecule has 3 atom stereocenters. The highest BCUT2D eigenvalue weighted by molar-refractivity contribution is 7.98. The monoisotopic (exact) mass is 497 g/mol. The molecule has 10 nitrogen and oxygen atoms in total. The van der Waals surface area contributed by atoms with E-state index in [1.807, 2.05) is 25.3 Å². The van der Waals surface area contributed by atoms with E-state index in [-0.39, 0.29) is 30.6 Å². The van der Waals surface area contributed by atoms with E-state index in [9.17, 15) is 14.8 Å². The molecule has 12 heteroatoms. The van der Waals surface area contributed by atoms with Gasteiger partial charge in [0.2, 0.25) is 18.1 Å². The number of aromatic nitrogens is 2. The number of thioether (sulfide) groups is 1. The highest BCUT2D eigenvalue weighted by Crippen LogP contribution is 2.32. The Morgan fingerprint density at radius 2 is 2.03 bits per heavy atom. The van der Waals surface area contributed by atoms with Gasteiger partial charge in [-0.25, -0.2) is 15.0 Å². The van der Waals surface area contributed by atoms with Gasteiger partial charge in [0.05, 0.1) is 12.5 Å². The fourth-order valence-corrected chi connectivity index (χ4v) is 5.36. The molecule has 0 radical (unpaired) electrons. The molecule has 1 aliphatic carbocycles. The molecule has 2 fully saturated rings. The molecule has 2 amide bonds. The summed E-state index contributed by atoms with van der Waals surface area (Å²) in [7, 11) is 4.02. The highest BCUT2D eigenvalue weighted by Gasteiger charge is 2.34. The summed E-state index contributed by atoms with van der Waals surface area (Å²) in [6.07, 6.45) is 6.90. The van der Waals surface area contributed by atoms with E-state index in [1.54, 1.807) is 0 Å². The number of rotatable bonds is 11. The summed E-state index contributed by atoms with van der Waals surface area (Å²) in [4.78, 5) is 36.5. The molecule has 34 heavy (non-hydrogen) atoms. The van der Waals surface area contributed by atoms with Crippen LogP contribution in [0.1, 0.15) is 39.0 Å². The molecule has 3 N–H and O–H groups in total. The van der Waals surface area contributed by atoms with Crippen LogP contribution in [0.5, 0.6) is 0 Å². The first kappa shape index (κ1) is 26.4. The van der Waals surface area contributed by atoms with Crippen LogP contribution in [0.15, 0.2) is 5.16 Å². The van der Waals surface area contributed by atoms with Crippen molar-refractivity contribution in [1.82, 2.24) is 25.4 Å². The Balaban J connectivity index is 1.74. The summed E-state index contributed by atoms with van der Waals surface area (Å²) in [5.74, 6) is -0.890. The lowest BCUT2D eigenvalue weighted by molar-refractivity contribution is -0.154. The number of likely N-dealkylation sites (N-methyl/N-ethyl adjacent to an activating group) is 1. The van der Waals surface area contributed by atoms with E-state index in [2.05, 4.69) is 32.6 Å². The molecule has 1 saturated carbocycles. The summed E-state index contributed by atoms with van der Waals surface area (Å²) in [5.41, 5.74) is 5.17. The number of halogens is 1. The third-order valence-corrected chi connectivity index (χ3v) is 7.38. The molecule has 1 aliphatic heterocycles. The lowest BCUT2D eigenvalue weighted by atomic mass is 9.92. The highest BCUT2D eigenvalue weighted by atomic mass is 32.2. The molecule has 3 rings (SSSR count). The zero-order chi connectivity index (χ0) is 24.8. The summed E-state index contributed by atoms with van der Waals surface area (Å²) >= 11 is 1.29. The number of hydrazine groups is 1. The van der Waals surface area contributed by atoms with Crippen molar-refractivity contribution in [2.45, 2.75) is 50.2 Å². The fraction of sp³-hybridized carbons (Fsp3) is 0.727. The fourth-order valence-electron chi connectivity index (χ4n) is 5.00. The molecule has 0 bridgehead atoms. The molecule has 1 saturated heterocycles. The van der Waals surface area contributed by atoms with Gasteiger partial charge < -0.3 is 9.80 Å². The van der Waals surface area contributed by atoms with Crippen molar-refractivity contribution in [2.75, 3.05) is 50.3 Å². The van der Waals surface area contributed by atoms with Crippen LogP contribution in [0.4, 0.5) is 16.0 Å². The summed E-state index contributed by atoms with van der Waals surface area (Å²) in [6.45, 7) is 3.31. The maximum absolute atomic E-state index is 15.4. The number of nitrogens with zero attached hydrogens (tertiary/aromatic N) is 5. The van der Waals surface area contributed by atoms with Crippen LogP contribution in [-0.2, 0) is 9.59 Å². The van der Waals surface area contributed by atoms with Crippen LogP contribution >= 0.6 is 11.8 Å². The van der Waals surface area contributed by atoms with Crippen LogP contribution < -0.4 is 15.8 Å². The van der Waals surface area contributed by atoms with Gasteiger partial charge in [-0.1, -0.05) is 44.4 Å². The minimum Gasteiger partial charge on any atom is -0.352 e. The zero-order valence-electron chi connectivity index (χ0n) is 20.3. The van der Waals surface area contributed by atoms with E-state index < -0.39 is 17.6 Å². The normalized spacial score (nSPS) is 21.7. The van der Waals surface area contributed by atoms with Crippen molar-refractivity contribution in [3.63, 3.8) is 0 Å². The van der Waals surface area contributed by atoms with Gasteiger partial charge in [-0.2, -0.15) is 4.39 Å². The van der Waals surface area contributed by atoms with Crippen molar-refractivity contribution in [1.29, 1.82) is 0 Å². The molecule has 1 aromatic rings. The quantitative estimate of drug-likeness (QED) is 0.139. The number of anilines is 2. The molecular weight excluding hydrogens is 461 g/mol. The van der Waals surface area contributed by atoms with E-state index in [4.69, 9.17) is 0 Å². The molecule has 0 aromatic carbocycles. The second kappa shape index (κ2) is 12.0. The Hall–Kier alpha value is -2.18. The SMILES string of the molecule is CSc1nc(NNC(=O)[C@@H](CC2CCCC2)CN(O)C=O)c(F)c(N2C[C@@H](C)[C@H](N(C)C)C2)n1. The van der Waals surface area contributed by atoms with Gasteiger partial charge in [0, 0.05) is 19.1 Å². The molecule has 0 unspecified atom stereocenters. The van der Waals surface area contributed by atoms with E-state index in [0.29, 0.717) is 41.6 Å². The Labute approximate surface area is 204 Å². The van der Waals surface area contributed by atoms with Gasteiger partial charge in [-0.3, -0.25) is 25.6 Å². The maximum atomic E-state index is 15.4. The molecular formula is C22H36FN7O3S. The number of nitrogens with one attached hydrogen (secondary N) is 2. The smallest absolute Gasteiger partial charge is 0.243 e. The van der Waals surface area contributed by atoms with Gasteiger partial charge in [-0.15, -0.1) is 0 Å². The number of carbonyl (C=O) groups excluding carboxylic acids is 2. The molecule has 0 spiro atoms. The van der Waals surface area contributed by atoms with Crippen LogP contribution in [0, 0.1) is 23.6 Å². The van der Waals surface area contributed by atoms with Gasteiger partial charge in [-0.05, 0) is 38.6 Å². The van der Waals surface area contributed by atoms with Crippen molar-refractivity contribution in [3.05, 3.63) is 5.82 Å². The Morgan fingerprint density at radius 1 is 1.32 bits per heavy atom. The molecule has 2 heterocycles. The first-order chi connectivity index (χ1) is 16.2. The minimum absolute atomic E-state index is 0.112. The number of hydrogen-bond acceptors (Lipinski definition) is 9. The molecule has 1 aromatic heterocycles. The molecule has 190 valence electrons. The number of amides is 2.